The minimum Gasteiger partial charge on any atom is -0.383 e. The van der Waals surface area contributed by atoms with E-state index < -0.39 is 0 Å². The van der Waals surface area contributed by atoms with Crippen molar-refractivity contribution in [3.63, 3.8) is 0 Å². The summed E-state index contributed by atoms with van der Waals surface area (Å²) in [6.07, 6.45) is 6.57. The number of hydrogen-bond donors (Lipinski definition) is 2. The molecule has 116 valence electrons. The SMILES string of the molecule is Cc1cnc(N)c(C(N)C2(N3CCOCC3)CCCC2)c1. The van der Waals surface area contributed by atoms with E-state index in [1.807, 2.05) is 13.1 Å². The maximum Gasteiger partial charge on any atom is 0.128 e. The predicted molar refractivity (Wildman–Crippen MR) is 83.9 cm³/mol. The third-order valence-corrected chi connectivity index (χ3v) is 5.11. The molecule has 3 rings (SSSR count). The number of aryl methyl sites for hydroxylation is 1. The smallest absolute Gasteiger partial charge is 0.128 e. The number of hydrogen-bond acceptors (Lipinski definition) is 5. The standard InChI is InChI=1S/C16H26N4O/c1-12-10-13(15(18)19-11-12)14(17)16(4-2-3-5-16)20-6-8-21-9-7-20/h10-11,14H,2-9,17H2,1H3,(H2,18,19). The Hall–Kier alpha value is -1.17. The average molecular weight is 290 g/mol. The highest BCUT2D eigenvalue weighted by molar-refractivity contribution is 5.44. The summed E-state index contributed by atoms with van der Waals surface area (Å²) in [5, 5.41) is 0. The van der Waals surface area contributed by atoms with E-state index >= 15 is 0 Å². The first-order valence-corrected chi connectivity index (χ1v) is 7.94. The lowest BCUT2D eigenvalue weighted by molar-refractivity contribution is -0.0311. The summed E-state index contributed by atoms with van der Waals surface area (Å²) in [5.41, 5.74) is 15.0. The minimum absolute atomic E-state index is 0.0212. The van der Waals surface area contributed by atoms with Gasteiger partial charge in [-0.2, -0.15) is 0 Å². The average Bonchev–Trinajstić information content (AvgIpc) is 3.01. The topological polar surface area (TPSA) is 77.4 Å². The van der Waals surface area contributed by atoms with E-state index in [9.17, 15) is 0 Å². The lowest BCUT2D eigenvalue weighted by Crippen LogP contribution is -2.57. The van der Waals surface area contributed by atoms with Crippen LogP contribution in [0.25, 0.3) is 0 Å². The summed E-state index contributed by atoms with van der Waals surface area (Å²) in [6.45, 7) is 5.57. The van der Waals surface area contributed by atoms with Gasteiger partial charge in [-0.1, -0.05) is 12.8 Å². The van der Waals surface area contributed by atoms with Crippen LogP contribution >= 0.6 is 0 Å². The summed E-state index contributed by atoms with van der Waals surface area (Å²) >= 11 is 0. The van der Waals surface area contributed by atoms with Crippen molar-refractivity contribution >= 4 is 5.82 Å². The highest BCUT2D eigenvalue weighted by atomic mass is 16.5. The van der Waals surface area contributed by atoms with Crippen molar-refractivity contribution in [3.8, 4) is 0 Å². The van der Waals surface area contributed by atoms with Gasteiger partial charge < -0.3 is 16.2 Å². The zero-order valence-electron chi connectivity index (χ0n) is 12.8. The summed E-state index contributed by atoms with van der Waals surface area (Å²) in [7, 11) is 0. The fraction of sp³-hybridized carbons (Fsp3) is 0.688. The van der Waals surface area contributed by atoms with Crippen molar-refractivity contribution in [3.05, 3.63) is 23.4 Å². The van der Waals surface area contributed by atoms with Crippen LogP contribution in [-0.2, 0) is 4.74 Å². The van der Waals surface area contributed by atoms with Crippen molar-refractivity contribution in [2.24, 2.45) is 5.73 Å². The largest absolute Gasteiger partial charge is 0.383 e. The van der Waals surface area contributed by atoms with Crippen molar-refractivity contribution in [2.75, 3.05) is 32.0 Å². The van der Waals surface area contributed by atoms with Gasteiger partial charge in [0.05, 0.1) is 19.3 Å². The number of nitrogens with zero attached hydrogens (tertiary/aromatic N) is 2. The van der Waals surface area contributed by atoms with Crippen LogP contribution in [0.4, 0.5) is 5.82 Å². The molecule has 0 amide bonds. The third kappa shape index (κ3) is 2.65. The van der Waals surface area contributed by atoms with E-state index in [1.165, 1.54) is 12.8 Å². The Bertz CT molecular complexity index is 493. The molecule has 1 aliphatic carbocycles. The first-order valence-electron chi connectivity index (χ1n) is 7.94. The molecule has 1 atom stereocenters. The van der Waals surface area contributed by atoms with Gasteiger partial charge in [-0.3, -0.25) is 4.90 Å². The molecule has 0 aromatic carbocycles. The number of nitrogen functional groups attached to an aromatic ring is 1. The van der Waals surface area contributed by atoms with Gasteiger partial charge in [-0.15, -0.1) is 0 Å². The molecule has 1 aromatic heterocycles. The fourth-order valence-electron chi connectivity index (χ4n) is 3.96. The second kappa shape index (κ2) is 5.91. The van der Waals surface area contributed by atoms with Gasteiger partial charge in [0.2, 0.25) is 0 Å². The zero-order chi connectivity index (χ0) is 14.9. The molecule has 1 saturated heterocycles. The molecule has 5 heteroatoms. The Kier molecular flexibility index (Phi) is 4.15. The monoisotopic (exact) mass is 290 g/mol. The normalized spacial score (nSPS) is 24.1. The Balaban J connectivity index is 1.94. The molecular weight excluding hydrogens is 264 g/mol. The second-order valence-corrected chi connectivity index (χ2v) is 6.37. The molecule has 1 aliphatic heterocycles. The van der Waals surface area contributed by atoms with Crippen molar-refractivity contribution in [1.29, 1.82) is 0 Å². The van der Waals surface area contributed by atoms with Crippen molar-refractivity contribution in [1.82, 2.24) is 9.88 Å². The molecule has 1 unspecified atom stereocenters. The van der Waals surface area contributed by atoms with Gasteiger partial charge >= 0.3 is 0 Å². The molecule has 5 nitrogen and oxygen atoms in total. The van der Waals surface area contributed by atoms with Crippen LogP contribution in [0.5, 0.6) is 0 Å². The summed E-state index contributed by atoms with van der Waals surface area (Å²) in [4.78, 5) is 6.84. The maximum atomic E-state index is 6.73. The van der Waals surface area contributed by atoms with Crippen LogP contribution in [0.15, 0.2) is 12.3 Å². The molecular formula is C16H26N4O. The van der Waals surface area contributed by atoms with Crippen LogP contribution in [0, 0.1) is 6.92 Å². The number of morpholine rings is 1. The molecule has 21 heavy (non-hydrogen) atoms. The van der Waals surface area contributed by atoms with Crippen LogP contribution in [0.1, 0.15) is 42.9 Å². The van der Waals surface area contributed by atoms with Crippen LogP contribution in [0.2, 0.25) is 0 Å². The lowest BCUT2D eigenvalue weighted by Gasteiger charge is -2.47. The minimum atomic E-state index is -0.0782. The van der Waals surface area contributed by atoms with E-state index in [-0.39, 0.29) is 11.6 Å². The fourth-order valence-corrected chi connectivity index (χ4v) is 3.96. The van der Waals surface area contributed by atoms with Gasteiger partial charge in [0, 0.05) is 30.4 Å². The third-order valence-electron chi connectivity index (χ3n) is 5.11. The van der Waals surface area contributed by atoms with Crippen LogP contribution in [-0.4, -0.2) is 41.7 Å². The van der Waals surface area contributed by atoms with Gasteiger partial charge in [0.15, 0.2) is 0 Å². The molecule has 0 radical (unpaired) electrons. The Morgan fingerprint density at radius 2 is 1.95 bits per heavy atom. The number of rotatable bonds is 3. The van der Waals surface area contributed by atoms with E-state index in [2.05, 4.69) is 16.0 Å². The van der Waals surface area contributed by atoms with E-state index in [0.717, 1.165) is 50.3 Å². The molecule has 2 fully saturated rings. The van der Waals surface area contributed by atoms with Crippen molar-refractivity contribution in [2.45, 2.75) is 44.2 Å². The first kappa shape index (κ1) is 14.8. The van der Waals surface area contributed by atoms with Gasteiger partial charge in [0.1, 0.15) is 5.82 Å². The molecule has 4 N–H and O–H groups in total. The number of pyridine rings is 1. The van der Waals surface area contributed by atoms with Crippen molar-refractivity contribution < 1.29 is 4.74 Å². The maximum absolute atomic E-state index is 6.73. The first-order chi connectivity index (χ1) is 10.1. The number of anilines is 1. The highest BCUT2D eigenvalue weighted by Crippen LogP contribution is 2.44. The van der Waals surface area contributed by atoms with Gasteiger partial charge in [-0.25, -0.2) is 4.98 Å². The second-order valence-electron chi connectivity index (χ2n) is 6.37. The van der Waals surface area contributed by atoms with Gasteiger partial charge in [-0.05, 0) is 31.4 Å². The molecule has 0 spiro atoms. The summed E-state index contributed by atoms with van der Waals surface area (Å²) < 4.78 is 5.51. The Labute approximate surface area is 126 Å². The summed E-state index contributed by atoms with van der Waals surface area (Å²) in [6, 6.07) is 2.03. The quantitative estimate of drug-likeness (QED) is 0.884. The predicted octanol–water partition coefficient (Wildman–Crippen LogP) is 1.62. The van der Waals surface area contributed by atoms with Crippen LogP contribution < -0.4 is 11.5 Å². The van der Waals surface area contributed by atoms with E-state index in [1.54, 1.807) is 0 Å². The number of nitrogens with two attached hydrogens (primary N) is 2. The Morgan fingerprint density at radius 1 is 1.29 bits per heavy atom. The molecule has 1 saturated carbocycles. The molecule has 1 aromatic rings. The molecule has 0 bridgehead atoms. The summed E-state index contributed by atoms with van der Waals surface area (Å²) in [5.74, 6) is 0.577. The number of aromatic nitrogens is 1. The van der Waals surface area contributed by atoms with Gasteiger partial charge in [0.25, 0.3) is 0 Å². The highest BCUT2D eigenvalue weighted by Gasteiger charge is 2.46. The molecule has 2 aliphatic rings. The molecule has 2 heterocycles. The van der Waals surface area contributed by atoms with E-state index in [0.29, 0.717) is 5.82 Å². The van der Waals surface area contributed by atoms with Crippen LogP contribution in [0.3, 0.4) is 0 Å². The number of ether oxygens (including phenoxy) is 1. The zero-order valence-corrected chi connectivity index (χ0v) is 12.8. The lowest BCUT2D eigenvalue weighted by atomic mass is 9.82. The van der Waals surface area contributed by atoms with E-state index in [4.69, 9.17) is 16.2 Å². The Morgan fingerprint density at radius 3 is 2.62 bits per heavy atom.